The molecule has 0 radical (unpaired) electrons. The first-order valence-electron chi connectivity index (χ1n) is 9.39. The average molecular weight is 363 g/mol. The van der Waals surface area contributed by atoms with Crippen LogP contribution in [0, 0.1) is 5.82 Å². The third kappa shape index (κ3) is 8.79. The Balaban J connectivity index is 2.12. The van der Waals surface area contributed by atoms with E-state index >= 15 is 0 Å². The average Bonchev–Trinajstić information content (AvgIpc) is 2.63. The fourth-order valence-electron chi connectivity index (χ4n) is 2.55. The van der Waals surface area contributed by atoms with E-state index in [9.17, 15) is 14.0 Å². The number of carbonyl (C=O) groups is 2. The molecule has 0 fully saturated rings. The van der Waals surface area contributed by atoms with E-state index in [1.165, 1.54) is 50.8 Å². The monoisotopic (exact) mass is 363 g/mol. The lowest BCUT2D eigenvalue weighted by Crippen LogP contribution is -2.40. The molecule has 0 aliphatic heterocycles. The summed E-state index contributed by atoms with van der Waals surface area (Å²) in [6.45, 7) is 5.58. The predicted molar refractivity (Wildman–Crippen MR) is 101 cm³/mol. The molecule has 0 heterocycles. The number of nitrogens with one attached hydrogen (secondary N) is 1. The summed E-state index contributed by atoms with van der Waals surface area (Å²) in [5, 5.41) is 2.46. The SMILES string of the molecule is C=CCCCCCCCCCOC(=O)[C@H](C)NC(=O)c1ccccc1F. The molecule has 0 spiro atoms. The van der Waals surface area contributed by atoms with E-state index < -0.39 is 23.7 Å². The molecule has 1 aromatic rings. The summed E-state index contributed by atoms with van der Waals surface area (Å²) in [6, 6.07) is 4.84. The molecule has 0 aliphatic carbocycles. The van der Waals surface area contributed by atoms with Crippen LogP contribution >= 0.6 is 0 Å². The van der Waals surface area contributed by atoms with Gasteiger partial charge in [-0.3, -0.25) is 4.79 Å². The summed E-state index contributed by atoms with van der Waals surface area (Å²) >= 11 is 0. The molecule has 1 N–H and O–H groups in total. The number of benzene rings is 1. The lowest BCUT2D eigenvalue weighted by Gasteiger charge is -2.13. The van der Waals surface area contributed by atoms with Gasteiger partial charge in [0, 0.05) is 0 Å². The van der Waals surface area contributed by atoms with Gasteiger partial charge in [-0.2, -0.15) is 0 Å². The molecule has 0 saturated heterocycles. The van der Waals surface area contributed by atoms with Crippen molar-refractivity contribution in [2.45, 2.75) is 64.3 Å². The Labute approximate surface area is 155 Å². The van der Waals surface area contributed by atoms with Gasteiger partial charge in [0.15, 0.2) is 0 Å². The normalized spacial score (nSPS) is 11.6. The number of halogens is 1. The molecule has 0 aliphatic rings. The quantitative estimate of drug-likeness (QED) is 0.311. The summed E-state index contributed by atoms with van der Waals surface area (Å²) in [7, 11) is 0. The zero-order valence-electron chi connectivity index (χ0n) is 15.6. The van der Waals surface area contributed by atoms with Crippen LogP contribution in [-0.4, -0.2) is 24.5 Å². The fraction of sp³-hybridized carbons (Fsp3) is 0.524. The van der Waals surface area contributed by atoms with Crippen LogP contribution in [0.3, 0.4) is 0 Å². The minimum Gasteiger partial charge on any atom is -0.464 e. The second-order valence-corrected chi connectivity index (χ2v) is 6.39. The minimum absolute atomic E-state index is 0.0831. The second kappa shape index (κ2) is 13.1. The molecular formula is C21H30FNO3. The van der Waals surface area contributed by atoms with Crippen LogP contribution in [0.5, 0.6) is 0 Å². The van der Waals surface area contributed by atoms with Crippen molar-refractivity contribution in [2.24, 2.45) is 0 Å². The standard InChI is InChI=1S/C21H30FNO3/c1-3-4-5-6-7-8-9-10-13-16-26-21(25)17(2)23-20(24)18-14-11-12-15-19(18)22/h3,11-12,14-15,17H,1,4-10,13,16H2,2H3,(H,23,24)/t17-/m0/s1. The van der Waals surface area contributed by atoms with E-state index in [1.54, 1.807) is 6.07 Å². The molecule has 0 saturated carbocycles. The number of carbonyl (C=O) groups excluding carboxylic acids is 2. The van der Waals surface area contributed by atoms with Crippen molar-refractivity contribution in [1.82, 2.24) is 5.32 Å². The van der Waals surface area contributed by atoms with Crippen molar-refractivity contribution in [3.05, 3.63) is 48.3 Å². The lowest BCUT2D eigenvalue weighted by atomic mass is 10.1. The zero-order chi connectivity index (χ0) is 19.2. The topological polar surface area (TPSA) is 55.4 Å². The highest BCUT2D eigenvalue weighted by Crippen LogP contribution is 2.09. The summed E-state index contributed by atoms with van der Waals surface area (Å²) in [5.74, 6) is -1.74. The Hall–Kier alpha value is -2.17. The van der Waals surface area contributed by atoms with Crippen LogP contribution in [-0.2, 0) is 9.53 Å². The van der Waals surface area contributed by atoms with E-state index in [2.05, 4.69) is 11.9 Å². The molecule has 4 nitrogen and oxygen atoms in total. The minimum atomic E-state index is -0.813. The van der Waals surface area contributed by atoms with Crippen molar-refractivity contribution in [1.29, 1.82) is 0 Å². The largest absolute Gasteiger partial charge is 0.464 e. The Bertz CT molecular complexity index is 574. The van der Waals surface area contributed by atoms with Crippen molar-refractivity contribution >= 4 is 11.9 Å². The molecule has 0 aromatic heterocycles. The predicted octanol–water partition coefficient (Wildman–Crippen LogP) is 4.79. The number of hydrogen-bond acceptors (Lipinski definition) is 3. The number of amides is 1. The van der Waals surface area contributed by atoms with Gasteiger partial charge < -0.3 is 10.1 Å². The van der Waals surface area contributed by atoms with Crippen molar-refractivity contribution in [3.63, 3.8) is 0 Å². The van der Waals surface area contributed by atoms with Crippen LogP contribution in [0.25, 0.3) is 0 Å². The van der Waals surface area contributed by atoms with Gasteiger partial charge in [-0.15, -0.1) is 6.58 Å². The molecule has 144 valence electrons. The highest BCUT2D eigenvalue weighted by atomic mass is 19.1. The van der Waals surface area contributed by atoms with Crippen LogP contribution in [0.15, 0.2) is 36.9 Å². The maximum Gasteiger partial charge on any atom is 0.328 e. The van der Waals surface area contributed by atoms with Gasteiger partial charge in [0.1, 0.15) is 11.9 Å². The van der Waals surface area contributed by atoms with E-state index in [0.717, 1.165) is 25.7 Å². The molecule has 1 rings (SSSR count). The van der Waals surface area contributed by atoms with Gasteiger partial charge in [-0.25, -0.2) is 9.18 Å². The first-order chi connectivity index (χ1) is 12.6. The van der Waals surface area contributed by atoms with Crippen molar-refractivity contribution < 1.29 is 18.7 Å². The number of rotatable bonds is 13. The Morgan fingerprint density at radius 2 is 1.73 bits per heavy atom. The number of esters is 1. The fourth-order valence-corrected chi connectivity index (χ4v) is 2.55. The summed E-state index contributed by atoms with van der Waals surface area (Å²) < 4.78 is 18.7. The van der Waals surface area contributed by atoms with Gasteiger partial charge in [-0.05, 0) is 38.3 Å². The lowest BCUT2D eigenvalue weighted by molar-refractivity contribution is -0.145. The van der Waals surface area contributed by atoms with Crippen LogP contribution in [0.1, 0.15) is 68.6 Å². The van der Waals surface area contributed by atoms with E-state index in [1.807, 2.05) is 6.08 Å². The van der Waals surface area contributed by atoms with Crippen LogP contribution in [0.2, 0.25) is 0 Å². The number of unbranched alkanes of at least 4 members (excludes halogenated alkanes) is 7. The molecule has 0 bridgehead atoms. The van der Waals surface area contributed by atoms with Crippen molar-refractivity contribution in [3.8, 4) is 0 Å². The molecular weight excluding hydrogens is 333 g/mol. The number of hydrogen-bond donors (Lipinski definition) is 1. The van der Waals surface area contributed by atoms with Crippen molar-refractivity contribution in [2.75, 3.05) is 6.61 Å². The first kappa shape index (κ1) is 21.9. The Morgan fingerprint density at radius 1 is 1.12 bits per heavy atom. The van der Waals surface area contributed by atoms with Crippen LogP contribution < -0.4 is 5.32 Å². The van der Waals surface area contributed by atoms with E-state index in [0.29, 0.717) is 6.61 Å². The smallest absolute Gasteiger partial charge is 0.328 e. The summed E-state index contributed by atoms with van der Waals surface area (Å²) in [6.07, 6.45) is 10.9. The van der Waals surface area contributed by atoms with Gasteiger partial charge in [0.05, 0.1) is 12.2 Å². The van der Waals surface area contributed by atoms with Crippen LogP contribution in [0.4, 0.5) is 4.39 Å². The summed E-state index contributed by atoms with van der Waals surface area (Å²) in [5.41, 5.74) is -0.0831. The molecule has 1 amide bonds. The maximum absolute atomic E-state index is 13.5. The van der Waals surface area contributed by atoms with E-state index in [4.69, 9.17) is 4.74 Å². The molecule has 5 heteroatoms. The van der Waals surface area contributed by atoms with Gasteiger partial charge in [0.25, 0.3) is 5.91 Å². The molecule has 1 aromatic carbocycles. The first-order valence-corrected chi connectivity index (χ1v) is 9.39. The number of allylic oxidation sites excluding steroid dienone is 1. The zero-order valence-corrected chi connectivity index (χ0v) is 15.6. The van der Waals surface area contributed by atoms with Gasteiger partial charge >= 0.3 is 5.97 Å². The molecule has 1 atom stereocenters. The Kier molecular flexibility index (Phi) is 11.0. The van der Waals surface area contributed by atoms with E-state index in [-0.39, 0.29) is 5.56 Å². The maximum atomic E-state index is 13.5. The third-order valence-corrected chi connectivity index (χ3v) is 4.12. The molecule has 26 heavy (non-hydrogen) atoms. The second-order valence-electron chi connectivity index (χ2n) is 6.39. The van der Waals surface area contributed by atoms with Gasteiger partial charge in [-0.1, -0.05) is 50.3 Å². The third-order valence-electron chi connectivity index (χ3n) is 4.12. The van der Waals surface area contributed by atoms with Gasteiger partial charge in [0.2, 0.25) is 0 Å². The Morgan fingerprint density at radius 3 is 2.38 bits per heavy atom. The highest BCUT2D eigenvalue weighted by Gasteiger charge is 2.19. The highest BCUT2D eigenvalue weighted by molar-refractivity contribution is 5.96. The number of ether oxygens (including phenoxy) is 1. The summed E-state index contributed by atoms with van der Waals surface area (Å²) in [4.78, 5) is 23.9. The molecule has 0 unspecified atom stereocenters.